The van der Waals surface area contributed by atoms with E-state index in [1.54, 1.807) is 32.9 Å². The van der Waals surface area contributed by atoms with Crippen molar-refractivity contribution in [3.63, 3.8) is 0 Å². The predicted octanol–water partition coefficient (Wildman–Crippen LogP) is 1.38. The Balaban J connectivity index is 3.36. The van der Waals surface area contributed by atoms with Crippen molar-refractivity contribution in [2.75, 3.05) is 21.3 Å². The smallest absolute Gasteiger partial charge is 0.338 e. The van der Waals surface area contributed by atoms with Crippen LogP contribution in [0.5, 0.6) is 17.2 Å². The number of hydrogen-bond acceptors (Lipinski definition) is 7. The zero-order valence-electron chi connectivity index (χ0n) is 15.3. The molecule has 1 unspecified atom stereocenters. The van der Waals surface area contributed by atoms with E-state index in [-0.39, 0.29) is 17.9 Å². The summed E-state index contributed by atoms with van der Waals surface area (Å²) in [5.41, 5.74) is 3.12. The molecule has 1 aromatic rings. The van der Waals surface area contributed by atoms with Gasteiger partial charge in [-0.3, -0.25) is 0 Å². The first-order chi connectivity index (χ1) is 11.5. The Bertz CT molecular complexity index is 651. The van der Waals surface area contributed by atoms with Gasteiger partial charge in [-0.05, 0) is 26.8 Å². The fourth-order valence-electron chi connectivity index (χ4n) is 2.21. The van der Waals surface area contributed by atoms with Crippen LogP contribution in [0.4, 0.5) is 0 Å². The molecule has 0 aliphatic heterocycles. The van der Waals surface area contributed by atoms with Gasteiger partial charge >= 0.3 is 11.9 Å². The standard InChI is InChI=1S/C17H25NO7/c1-16(2,3)25-15(21)17(18,14(19)20)9-10-7-8-11(22-4)13(24-6)12(10)23-5/h7-8H,9,18H2,1-6H3,(H,19,20). The Hall–Kier alpha value is -2.48. The maximum absolute atomic E-state index is 12.4. The van der Waals surface area contributed by atoms with Gasteiger partial charge in [-0.15, -0.1) is 0 Å². The fraction of sp³-hybridized carbons (Fsp3) is 0.529. The molecule has 8 nitrogen and oxygen atoms in total. The lowest BCUT2D eigenvalue weighted by atomic mass is 9.90. The summed E-state index contributed by atoms with van der Waals surface area (Å²) in [4.78, 5) is 24.1. The third-order valence-corrected chi connectivity index (χ3v) is 3.40. The molecule has 0 saturated heterocycles. The first-order valence-corrected chi connectivity index (χ1v) is 7.53. The van der Waals surface area contributed by atoms with Gasteiger partial charge in [0.2, 0.25) is 11.3 Å². The van der Waals surface area contributed by atoms with Crippen LogP contribution in [0.2, 0.25) is 0 Å². The Kier molecular flexibility index (Phi) is 6.26. The van der Waals surface area contributed by atoms with Gasteiger partial charge < -0.3 is 29.8 Å². The third kappa shape index (κ3) is 4.54. The van der Waals surface area contributed by atoms with Crippen molar-refractivity contribution in [3.8, 4) is 17.2 Å². The molecule has 0 aromatic heterocycles. The summed E-state index contributed by atoms with van der Waals surface area (Å²) in [6.45, 7) is 4.89. The number of carbonyl (C=O) groups is 2. The minimum absolute atomic E-state index is 0.237. The second kappa shape index (κ2) is 7.60. The number of benzene rings is 1. The first-order valence-electron chi connectivity index (χ1n) is 7.53. The zero-order chi connectivity index (χ0) is 19.4. The topological polar surface area (TPSA) is 117 Å². The number of carbonyl (C=O) groups excluding carboxylic acids is 1. The highest BCUT2D eigenvalue weighted by Gasteiger charge is 2.46. The minimum atomic E-state index is -2.28. The predicted molar refractivity (Wildman–Crippen MR) is 90.2 cm³/mol. The lowest BCUT2D eigenvalue weighted by Gasteiger charge is -2.28. The fourth-order valence-corrected chi connectivity index (χ4v) is 2.21. The van der Waals surface area contributed by atoms with Crippen LogP contribution in [0.1, 0.15) is 26.3 Å². The zero-order valence-corrected chi connectivity index (χ0v) is 15.3. The second-order valence-electron chi connectivity index (χ2n) is 6.45. The Morgan fingerprint density at radius 3 is 2.00 bits per heavy atom. The number of carboxylic acids is 1. The van der Waals surface area contributed by atoms with Crippen LogP contribution in [0.15, 0.2) is 12.1 Å². The van der Waals surface area contributed by atoms with E-state index in [9.17, 15) is 14.7 Å². The van der Waals surface area contributed by atoms with Crippen molar-refractivity contribution in [1.82, 2.24) is 0 Å². The minimum Gasteiger partial charge on any atom is -0.493 e. The van der Waals surface area contributed by atoms with Crippen LogP contribution < -0.4 is 19.9 Å². The average Bonchev–Trinajstić information content (AvgIpc) is 2.52. The quantitative estimate of drug-likeness (QED) is 0.556. The highest BCUT2D eigenvalue weighted by molar-refractivity contribution is 6.04. The molecule has 3 N–H and O–H groups in total. The molecule has 0 fully saturated rings. The second-order valence-corrected chi connectivity index (χ2v) is 6.45. The summed E-state index contributed by atoms with van der Waals surface area (Å²) in [7, 11) is 4.28. The number of rotatable bonds is 7. The number of hydrogen-bond donors (Lipinski definition) is 2. The summed E-state index contributed by atoms with van der Waals surface area (Å²) in [6, 6.07) is 3.14. The molecule has 0 aliphatic rings. The van der Waals surface area contributed by atoms with E-state index in [2.05, 4.69) is 0 Å². The average molecular weight is 355 g/mol. The molecule has 0 bridgehead atoms. The molecule has 1 aromatic carbocycles. The lowest BCUT2D eigenvalue weighted by molar-refractivity contribution is -0.169. The summed E-state index contributed by atoms with van der Waals surface area (Å²) in [6.07, 6.45) is -0.346. The maximum Gasteiger partial charge on any atom is 0.338 e. The van der Waals surface area contributed by atoms with Crippen molar-refractivity contribution >= 4 is 11.9 Å². The monoisotopic (exact) mass is 355 g/mol. The van der Waals surface area contributed by atoms with Gasteiger partial charge in [-0.25, -0.2) is 9.59 Å². The molecule has 0 saturated carbocycles. The van der Waals surface area contributed by atoms with Crippen LogP contribution >= 0.6 is 0 Å². The van der Waals surface area contributed by atoms with E-state index in [1.807, 2.05) is 0 Å². The SMILES string of the molecule is COc1ccc(CC(N)(C(=O)O)C(=O)OC(C)(C)C)c(OC)c1OC. The van der Waals surface area contributed by atoms with Crippen LogP contribution in [0, 0.1) is 0 Å². The highest BCUT2D eigenvalue weighted by Crippen LogP contribution is 2.40. The molecule has 25 heavy (non-hydrogen) atoms. The highest BCUT2D eigenvalue weighted by atomic mass is 16.6. The molecule has 0 radical (unpaired) electrons. The first kappa shape index (κ1) is 20.6. The van der Waals surface area contributed by atoms with Crippen molar-refractivity contribution in [2.45, 2.75) is 38.3 Å². The van der Waals surface area contributed by atoms with Crippen molar-refractivity contribution in [2.24, 2.45) is 5.73 Å². The molecule has 140 valence electrons. The van der Waals surface area contributed by atoms with Crippen molar-refractivity contribution < 1.29 is 33.6 Å². The van der Waals surface area contributed by atoms with Crippen molar-refractivity contribution in [3.05, 3.63) is 17.7 Å². The molecule has 0 amide bonds. The van der Waals surface area contributed by atoms with Crippen LogP contribution in [0.25, 0.3) is 0 Å². The van der Waals surface area contributed by atoms with Crippen LogP contribution in [-0.2, 0) is 20.7 Å². The molecule has 0 spiro atoms. The largest absolute Gasteiger partial charge is 0.493 e. The van der Waals surface area contributed by atoms with E-state index in [1.165, 1.54) is 21.3 Å². The van der Waals surface area contributed by atoms with Crippen molar-refractivity contribution in [1.29, 1.82) is 0 Å². The lowest BCUT2D eigenvalue weighted by Crippen LogP contribution is -2.58. The number of esters is 1. The molecule has 1 atom stereocenters. The number of methoxy groups -OCH3 is 3. The van der Waals surface area contributed by atoms with E-state index < -0.39 is 23.1 Å². The van der Waals surface area contributed by atoms with E-state index in [4.69, 9.17) is 24.7 Å². The molecule has 1 rings (SSSR count). The molecular weight excluding hydrogens is 330 g/mol. The van der Waals surface area contributed by atoms with E-state index >= 15 is 0 Å². The normalized spacial score (nSPS) is 13.6. The van der Waals surface area contributed by atoms with E-state index in [0.29, 0.717) is 11.3 Å². The van der Waals surface area contributed by atoms with Gasteiger partial charge in [0.15, 0.2) is 11.5 Å². The Labute approximate surface area is 146 Å². The molecule has 0 aliphatic carbocycles. The number of aliphatic carboxylic acids is 1. The van der Waals surface area contributed by atoms with Gasteiger partial charge in [0.05, 0.1) is 21.3 Å². The van der Waals surface area contributed by atoms with Gasteiger partial charge in [0, 0.05) is 12.0 Å². The summed E-state index contributed by atoms with van der Waals surface area (Å²) >= 11 is 0. The summed E-state index contributed by atoms with van der Waals surface area (Å²) in [5.74, 6) is -1.62. The third-order valence-electron chi connectivity index (χ3n) is 3.40. The summed E-state index contributed by atoms with van der Waals surface area (Å²) in [5, 5.41) is 9.53. The van der Waals surface area contributed by atoms with Crippen LogP contribution in [-0.4, -0.2) is 49.5 Å². The van der Waals surface area contributed by atoms with Crippen LogP contribution in [0.3, 0.4) is 0 Å². The van der Waals surface area contributed by atoms with Gasteiger partial charge in [0.1, 0.15) is 5.60 Å². The molecule has 8 heteroatoms. The number of carboxylic acid groups (broad SMARTS) is 1. The van der Waals surface area contributed by atoms with E-state index in [0.717, 1.165) is 0 Å². The number of nitrogens with two attached hydrogens (primary N) is 1. The number of ether oxygens (including phenoxy) is 4. The van der Waals surface area contributed by atoms with Gasteiger partial charge in [0.25, 0.3) is 0 Å². The van der Waals surface area contributed by atoms with Gasteiger partial charge in [-0.2, -0.15) is 0 Å². The Morgan fingerprint density at radius 2 is 1.60 bits per heavy atom. The maximum atomic E-state index is 12.4. The molecule has 0 heterocycles. The summed E-state index contributed by atoms with van der Waals surface area (Å²) < 4.78 is 20.9. The van der Waals surface area contributed by atoms with Gasteiger partial charge in [-0.1, -0.05) is 6.07 Å². The Morgan fingerprint density at radius 1 is 1.04 bits per heavy atom. The molecular formula is C17H25NO7.